The van der Waals surface area contributed by atoms with Crippen LogP contribution in [0, 0.1) is 5.92 Å². The molecule has 0 saturated carbocycles. The lowest BCUT2D eigenvalue weighted by molar-refractivity contribution is -0.0213. The second kappa shape index (κ2) is 6.63. The van der Waals surface area contributed by atoms with Gasteiger partial charge in [-0.15, -0.1) is 0 Å². The smallest absolute Gasteiger partial charge is 0.0864 e. The van der Waals surface area contributed by atoms with Gasteiger partial charge in [0.05, 0.1) is 18.8 Å². The van der Waals surface area contributed by atoms with Gasteiger partial charge in [-0.2, -0.15) is 0 Å². The molecule has 90 valence electrons. The fourth-order valence-electron chi connectivity index (χ4n) is 1.84. The standard InChI is InChI=1S/C13H20O3/c1-2-6-12(15)11(9-14)13(16)10-7-4-3-5-8-10/h3-5,7-8,11-16H,2,6,9H2,1H3/t11-,12-,13+/m0/s1. The van der Waals surface area contributed by atoms with Crippen LogP contribution in [0.1, 0.15) is 31.4 Å². The highest BCUT2D eigenvalue weighted by Crippen LogP contribution is 2.26. The number of benzene rings is 1. The first-order chi connectivity index (χ1) is 7.70. The maximum atomic E-state index is 10.1. The third-order valence-corrected chi connectivity index (χ3v) is 2.84. The second-order valence-electron chi connectivity index (χ2n) is 4.06. The SMILES string of the molecule is CCC[C@H](O)[C@H](CO)[C@H](O)c1ccccc1. The molecule has 0 spiro atoms. The molecule has 3 nitrogen and oxygen atoms in total. The zero-order chi connectivity index (χ0) is 12.0. The fraction of sp³-hybridized carbons (Fsp3) is 0.538. The Labute approximate surface area is 96.4 Å². The second-order valence-corrected chi connectivity index (χ2v) is 4.06. The summed E-state index contributed by atoms with van der Waals surface area (Å²) in [5.41, 5.74) is 0.733. The van der Waals surface area contributed by atoms with E-state index in [1.807, 2.05) is 25.1 Å². The summed E-state index contributed by atoms with van der Waals surface area (Å²) in [7, 11) is 0. The van der Waals surface area contributed by atoms with Crippen LogP contribution in [0.25, 0.3) is 0 Å². The van der Waals surface area contributed by atoms with Gasteiger partial charge in [-0.3, -0.25) is 0 Å². The molecule has 3 N–H and O–H groups in total. The van der Waals surface area contributed by atoms with E-state index in [1.165, 1.54) is 0 Å². The molecule has 0 aliphatic rings. The molecule has 0 bridgehead atoms. The zero-order valence-electron chi connectivity index (χ0n) is 9.58. The molecule has 0 aliphatic carbocycles. The third-order valence-electron chi connectivity index (χ3n) is 2.84. The van der Waals surface area contributed by atoms with Gasteiger partial charge in [-0.25, -0.2) is 0 Å². The van der Waals surface area contributed by atoms with E-state index in [0.29, 0.717) is 6.42 Å². The Morgan fingerprint density at radius 3 is 2.25 bits per heavy atom. The van der Waals surface area contributed by atoms with Crippen molar-refractivity contribution in [1.29, 1.82) is 0 Å². The quantitative estimate of drug-likeness (QED) is 0.686. The number of aliphatic hydroxyl groups excluding tert-OH is 3. The van der Waals surface area contributed by atoms with Gasteiger partial charge in [0.15, 0.2) is 0 Å². The molecule has 1 aromatic carbocycles. The van der Waals surface area contributed by atoms with Crippen LogP contribution < -0.4 is 0 Å². The van der Waals surface area contributed by atoms with Crippen molar-refractivity contribution in [3.8, 4) is 0 Å². The van der Waals surface area contributed by atoms with Crippen molar-refractivity contribution < 1.29 is 15.3 Å². The molecular weight excluding hydrogens is 204 g/mol. The highest BCUT2D eigenvalue weighted by molar-refractivity contribution is 5.18. The Balaban J connectivity index is 2.73. The van der Waals surface area contributed by atoms with Crippen LogP contribution in [0.2, 0.25) is 0 Å². The molecule has 0 heterocycles. The van der Waals surface area contributed by atoms with Gasteiger partial charge in [0.25, 0.3) is 0 Å². The maximum Gasteiger partial charge on any atom is 0.0864 e. The summed E-state index contributed by atoms with van der Waals surface area (Å²) in [5, 5.41) is 29.1. The maximum absolute atomic E-state index is 10.1. The predicted molar refractivity (Wildman–Crippen MR) is 62.9 cm³/mol. The van der Waals surface area contributed by atoms with E-state index in [2.05, 4.69) is 0 Å². The van der Waals surface area contributed by atoms with E-state index in [0.717, 1.165) is 12.0 Å². The van der Waals surface area contributed by atoms with Gasteiger partial charge >= 0.3 is 0 Å². The number of hydrogen-bond donors (Lipinski definition) is 3. The van der Waals surface area contributed by atoms with E-state index in [-0.39, 0.29) is 6.61 Å². The number of hydrogen-bond acceptors (Lipinski definition) is 3. The Bertz CT molecular complexity index is 286. The largest absolute Gasteiger partial charge is 0.396 e. The van der Waals surface area contributed by atoms with Crippen LogP contribution in [0.5, 0.6) is 0 Å². The van der Waals surface area contributed by atoms with E-state index in [1.54, 1.807) is 12.1 Å². The van der Waals surface area contributed by atoms with Crippen LogP contribution >= 0.6 is 0 Å². The van der Waals surface area contributed by atoms with Crippen molar-refractivity contribution in [3.05, 3.63) is 35.9 Å². The number of rotatable bonds is 6. The monoisotopic (exact) mass is 224 g/mol. The molecule has 1 rings (SSSR count). The van der Waals surface area contributed by atoms with Gasteiger partial charge in [0.1, 0.15) is 0 Å². The Morgan fingerprint density at radius 1 is 1.12 bits per heavy atom. The highest BCUT2D eigenvalue weighted by Gasteiger charge is 2.26. The van der Waals surface area contributed by atoms with E-state index < -0.39 is 18.1 Å². The lowest BCUT2D eigenvalue weighted by Gasteiger charge is -2.25. The molecule has 16 heavy (non-hydrogen) atoms. The lowest BCUT2D eigenvalue weighted by Crippen LogP contribution is -2.29. The van der Waals surface area contributed by atoms with Gasteiger partial charge < -0.3 is 15.3 Å². The summed E-state index contributed by atoms with van der Waals surface area (Å²) in [6, 6.07) is 9.13. The summed E-state index contributed by atoms with van der Waals surface area (Å²) in [4.78, 5) is 0. The minimum atomic E-state index is -0.812. The molecule has 0 radical (unpaired) electrons. The molecule has 0 unspecified atom stereocenters. The highest BCUT2D eigenvalue weighted by atomic mass is 16.3. The normalized spacial score (nSPS) is 16.8. The Kier molecular flexibility index (Phi) is 5.46. The van der Waals surface area contributed by atoms with E-state index >= 15 is 0 Å². The van der Waals surface area contributed by atoms with Crippen molar-refractivity contribution in [2.24, 2.45) is 5.92 Å². The summed E-state index contributed by atoms with van der Waals surface area (Å²) < 4.78 is 0. The minimum absolute atomic E-state index is 0.211. The Morgan fingerprint density at radius 2 is 1.75 bits per heavy atom. The van der Waals surface area contributed by atoms with E-state index in [4.69, 9.17) is 0 Å². The summed E-state index contributed by atoms with van der Waals surface area (Å²) in [6.07, 6.45) is -0.0492. The molecule has 0 fully saturated rings. The van der Waals surface area contributed by atoms with Crippen molar-refractivity contribution >= 4 is 0 Å². The first kappa shape index (κ1) is 13.2. The fourth-order valence-corrected chi connectivity index (χ4v) is 1.84. The molecule has 3 heteroatoms. The topological polar surface area (TPSA) is 60.7 Å². The van der Waals surface area contributed by atoms with Crippen molar-refractivity contribution in [3.63, 3.8) is 0 Å². The van der Waals surface area contributed by atoms with E-state index in [9.17, 15) is 15.3 Å². The predicted octanol–water partition coefficient (Wildman–Crippen LogP) is 1.49. The van der Waals surface area contributed by atoms with Gasteiger partial charge in [0.2, 0.25) is 0 Å². The Hall–Kier alpha value is -0.900. The lowest BCUT2D eigenvalue weighted by atomic mass is 9.89. The van der Waals surface area contributed by atoms with Gasteiger partial charge in [-0.05, 0) is 12.0 Å². The van der Waals surface area contributed by atoms with Crippen LogP contribution in [0.15, 0.2) is 30.3 Å². The first-order valence-electron chi connectivity index (χ1n) is 5.72. The molecule has 0 aliphatic heterocycles. The zero-order valence-corrected chi connectivity index (χ0v) is 9.58. The van der Waals surface area contributed by atoms with Crippen LogP contribution in [-0.2, 0) is 0 Å². The van der Waals surface area contributed by atoms with Crippen molar-refractivity contribution in [2.75, 3.05) is 6.61 Å². The molecular formula is C13H20O3. The molecule has 3 atom stereocenters. The average molecular weight is 224 g/mol. The summed E-state index contributed by atoms with van der Waals surface area (Å²) in [6.45, 7) is 1.75. The molecule has 0 amide bonds. The van der Waals surface area contributed by atoms with Crippen molar-refractivity contribution in [1.82, 2.24) is 0 Å². The first-order valence-corrected chi connectivity index (χ1v) is 5.72. The molecule has 0 aromatic heterocycles. The van der Waals surface area contributed by atoms with Gasteiger partial charge in [-0.1, -0.05) is 43.7 Å². The molecule has 1 aromatic rings. The van der Waals surface area contributed by atoms with Crippen LogP contribution in [0.4, 0.5) is 0 Å². The summed E-state index contributed by atoms with van der Waals surface area (Å²) >= 11 is 0. The summed E-state index contributed by atoms with van der Waals surface area (Å²) in [5.74, 6) is -0.512. The van der Waals surface area contributed by atoms with Crippen molar-refractivity contribution in [2.45, 2.75) is 32.0 Å². The minimum Gasteiger partial charge on any atom is -0.396 e. The average Bonchev–Trinajstić information content (AvgIpc) is 2.31. The van der Waals surface area contributed by atoms with Crippen LogP contribution in [-0.4, -0.2) is 28.0 Å². The van der Waals surface area contributed by atoms with Gasteiger partial charge in [0, 0.05) is 5.92 Å². The van der Waals surface area contributed by atoms with Crippen LogP contribution in [0.3, 0.4) is 0 Å². The number of aliphatic hydroxyl groups is 3. The molecule has 0 saturated heterocycles. The third kappa shape index (κ3) is 3.30.